The van der Waals surface area contributed by atoms with Crippen LogP contribution < -0.4 is 5.32 Å². The van der Waals surface area contributed by atoms with Gasteiger partial charge >= 0.3 is 0 Å². The van der Waals surface area contributed by atoms with Crippen LogP contribution >= 0.6 is 0 Å². The van der Waals surface area contributed by atoms with E-state index in [9.17, 15) is 0 Å². The Morgan fingerprint density at radius 1 is 1.19 bits per heavy atom. The summed E-state index contributed by atoms with van der Waals surface area (Å²) in [6.45, 7) is 4.12. The van der Waals surface area contributed by atoms with Gasteiger partial charge < -0.3 is 9.88 Å². The fourth-order valence-corrected chi connectivity index (χ4v) is 2.51. The summed E-state index contributed by atoms with van der Waals surface area (Å²) in [5, 5.41) is 3.54. The third-order valence-corrected chi connectivity index (χ3v) is 3.74. The Balaban J connectivity index is 1.50. The number of aryl methyl sites for hydroxylation is 1. The molecule has 0 saturated heterocycles. The molecule has 2 heterocycles. The molecule has 4 nitrogen and oxygen atoms in total. The Hall–Kier alpha value is -2.20. The molecule has 0 aliphatic rings. The predicted octanol–water partition coefficient (Wildman–Crippen LogP) is 3.17. The standard InChI is InChI=1S/C17H20N4/c1-14(15-6-4-9-18-12-15)19-10-5-11-21-13-20-16-7-2-3-8-17(16)21/h2-4,6-9,12-14,19H,5,10-11H2,1H3. The Kier molecular flexibility index (Phi) is 4.26. The highest BCUT2D eigenvalue weighted by Crippen LogP contribution is 2.12. The van der Waals surface area contributed by atoms with E-state index in [1.165, 1.54) is 11.1 Å². The quantitative estimate of drug-likeness (QED) is 0.705. The molecule has 1 atom stereocenters. The summed E-state index contributed by atoms with van der Waals surface area (Å²) in [6, 6.07) is 12.7. The number of aromatic nitrogens is 3. The minimum absolute atomic E-state index is 0.332. The largest absolute Gasteiger partial charge is 0.331 e. The number of hydrogen-bond acceptors (Lipinski definition) is 3. The van der Waals surface area contributed by atoms with Crippen LogP contribution in [-0.2, 0) is 6.54 Å². The molecule has 3 rings (SSSR count). The summed E-state index contributed by atoms with van der Waals surface area (Å²) >= 11 is 0. The van der Waals surface area contributed by atoms with Crippen LogP contribution in [0.4, 0.5) is 0 Å². The van der Waals surface area contributed by atoms with Crippen LogP contribution in [0.1, 0.15) is 24.9 Å². The van der Waals surface area contributed by atoms with Gasteiger partial charge in [-0.25, -0.2) is 4.98 Å². The number of imidazole rings is 1. The normalized spacial score (nSPS) is 12.6. The highest BCUT2D eigenvalue weighted by molar-refractivity contribution is 5.74. The lowest BCUT2D eigenvalue weighted by molar-refractivity contribution is 0.529. The summed E-state index contributed by atoms with van der Waals surface area (Å²) in [6.07, 6.45) is 6.72. The van der Waals surface area contributed by atoms with Crippen molar-refractivity contribution in [1.29, 1.82) is 0 Å². The van der Waals surface area contributed by atoms with Crippen molar-refractivity contribution in [2.45, 2.75) is 25.9 Å². The molecule has 0 spiro atoms. The summed E-state index contributed by atoms with van der Waals surface area (Å²) in [5.74, 6) is 0. The number of fused-ring (bicyclic) bond motifs is 1. The number of benzene rings is 1. The maximum atomic E-state index is 4.41. The first-order valence-electron chi connectivity index (χ1n) is 7.38. The summed E-state index contributed by atoms with van der Waals surface area (Å²) in [7, 11) is 0. The zero-order valence-corrected chi connectivity index (χ0v) is 12.2. The molecule has 108 valence electrons. The van der Waals surface area contributed by atoms with Gasteiger partial charge in [0.1, 0.15) is 0 Å². The zero-order valence-electron chi connectivity index (χ0n) is 12.2. The SMILES string of the molecule is CC(NCCCn1cnc2ccccc21)c1cccnc1. The summed E-state index contributed by atoms with van der Waals surface area (Å²) < 4.78 is 2.21. The van der Waals surface area contributed by atoms with Crippen molar-refractivity contribution >= 4 is 11.0 Å². The molecule has 0 radical (unpaired) electrons. The van der Waals surface area contributed by atoms with E-state index in [1.54, 1.807) is 6.20 Å². The highest BCUT2D eigenvalue weighted by Gasteiger charge is 2.04. The van der Waals surface area contributed by atoms with Gasteiger partial charge in [-0.2, -0.15) is 0 Å². The van der Waals surface area contributed by atoms with Crippen molar-refractivity contribution in [2.24, 2.45) is 0 Å². The van der Waals surface area contributed by atoms with E-state index in [2.05, 4.69) is 51.0 Å². The Morgan fingerprint density at radius 2 is 2.10 bits per heavy atom. The average molecular weight is 280 g/mol. The maximum absolute atomic E-state index is 4.41. The molecule has 1 unspecified atom stereocenters. The summed E-state index contributed by atoms with van der Waals surface area (Å²) in [5.41, 5.74) is 3.50. The van der Waals surface area contributed by atoms with Gasteiger partial charge in [0.05, 0.1) is 17.4 Å². The molecule has 1 aromatic carbocycles. The van der Waals surface area contributed by atoms with Crippen molar-refractivity contribution in [2.75, 3.05) is 6.54 Å². The molecule has 2 aromatic heterocycles. The first-order valence-corrected chi connectivity index (χ1v) is 7.38. The van der Waals surface area contributed by atoms with Gasteiger partial charge in [-0.3, -0.25) is 4.98 Å². The van der Waals surface area contributed by atoms with Crippen molar-refractivity contribution in [3.8, 4) is 0 Å². The van der Waals surface area contributed by atoms with E-state index in [-0.39, 0.29) is 0 Å². The van der Waals surface area contributed by atoms with Gasteiger partial charge in [-0.05, 0) is 43.7 Å². The fraction of sp³-hybridized carbons (Fsp3) is 0.294. The van der Waals surface area contributed by atoms with E-state index in [4.69, 9.17) is 0 Å². The van der Waals surface area contributed by atoms with Crippen LogP contribution in [0.2, 0.25) is 0 Å². The molecule has 0 bridgehead atoms. The number of rotatable bonds is 6. The topological polar surface area (TPSA) is 42.7 Å². The van der Waals surface area contributed by atoms with Crippen LogP contribution in [0.15, 0.2) is 55.1 Å². The number of nitrogens with one attached hydrogen (secondary N) is 1. The van der Waals surface area contributed by atoms with Gasteiger partial charge in [0.25, 0.3) is 0 Å². The van der Waals surface area contributed by atoms with Gasteiger partial charge in [-0.1, -0.05) is 18.2 Å². The summed E-state index contributed by atoms with van der Waals surface area (Å²) in [4.78, 5) is 8.57. The first kappa shape index (κ1) is 13.8. The monoisotopic (exact) mass is 280 g/mol. The van der Waals surface area contributed by atoms with E-state index >= 15 is 0 Å². The Bertz CT molecular complexity index is 690. The Morgan fingerprint density at radius 3 is 2.95 bits per heavy atom. The number of nitrogens with zero attached hydrogens (tertiary/aromatic N) is 3. The van der Waals surface area contributed by atoms with Crippen LogP contribution in [-0.4, -0.2) is 21.1 Å². The van der Waals surface area contributed by atoms with Crippen molar-refractivity contribution in [3.05, 3.63) is 60.7 Å². The smallest absolute Gasteiger partial charge is 0.0958 e. The highest BCUT2D eigenvalue weighted by atomic mass is 15.0. The Labute approximate surface area is 124 Å². The fourth-order valence-electron chi connectivity index (χ4n) is 2.51. The predicted molar refractivity (Wildman–Crippen MR) is 85.0 cm³/mol. The average Bonchev–Trinajstić information content (AvgIpc) is 2.95. The number of pyridine rings is 1. The van der Waals surface area contributed by atoms with Crippen molar-refractivity contribution < 1.29 is 0 Å². The number of para-hydroxylation sites is 2. The first-order chi connectivity index (χ1) is 10.3. The second kappa shape index (κ2) is 6.50. The molecular weight excluding hydrogens is 260 g/mol. The molecular formula is C17H20N4. The molecule has 0 amide bonds. The van der Waals surface area contributed by atoms with Gasteiger partial charge in [0.2, 0.25) is 0 Å². The zero-order chi connectivity index (χ0) is 14.5. The second-order valence-electron chi connectivity index (χ2n) is 5.24. The minimum atomic E-state index is 0.332. The van der Waals surface area contributed by atoms with E-state index in [1.807, 2.05) is 24.7 Å². The van der Waals surface area contributed by atoms with Crippen LogP contribution in [0, 0.1) is 0 Å². The lowest BCUT2D eigenvalue weighted by Crippen LogP contribution is -2.21. The van der Waals surface area contributed by atoms with Gasteiger partial charge in [0.15, 0.2) is 0 Å². The van der Waals surface area contributed by atoms with Crippen molar-refractivity contribution in [1.82, 2.24) is 19.9 Å². The molecule has 21 heavy (non-hydrogen) atoms. The molecule has 3 aromatic rings. The van der Waals surface area contributed by atoms with Gasteiger partial charge in [-0.15, -0.1) is 0 Å². The molecule has 0 saturated carbocycles. The van der Waals surface area contributed by atoms with Crippen LogP contribution in [0.3, 0.4) is 0 Å². The third-order valence-electron chi connectivity index (χ3n) is 3.74. The van der Waals surface area contributed by atoms with E-state index in [0.29, 0.717) is 6.04 Å². The van der Waals surface area contributed by atoms with Gasteiger partial charge in [0, 0.05) is 25.0 Å². The lowest BCUT2D eigenvalue weighted by atomic mass is 10.1. The van der Waals surface area contributed by atoms with E-state index < -0.39 is 0 Å². The molecule has 0 fully saturated rings. The minimum Gasteiger partial charge on any atom is -0.331 e. The molecule has 0 aliphatic carbocycles. The molecule has 0 aliphatic heterocycles. The van der Waals surface area contributed by atoms with Crippen molar-refractivity contribution in [3.63, 3.8) is 0 Å². The lowest BCUT2D eigenvalue weighted by Gasteiger charge is -2.13. The maximum Gasteiger partial charge on any atom is 0.0958 e. The van der Waals surface area contributed by atoms with Crippen LogP contribution in [0.25, 0.3) is 11.0 Å². The number of hydrogen-bond donors (Lipinski definition) is 1. The van der Waals surface area contributed by atoms with E-state index in [0.717, 1.165) is 25.0 Å². The second-order valence-corrected chi connectivity index (χ2v) is 5.24. The molecule has 4 heteroatoms. The third kappa shape index (κ3) is 3.28. The van der Waals surface area contributed by atoms with Crippen LogP contribution in [0.5, 0.6) is 0 Å². The molecule has 1 N–H and O–H groups in total.